The minimum absolute atomic E-state index is 0.0813. The number of allylic oxidation sites excluding steroid dienone is 1. The molecule has 0 bridgehead atoms. The largest absolute Gasteiger partial charge is 0.382 e. The molecule has 0 fully saturated rings. The number of fused-ring (bicyclic) bond motifs is 1. The molecule has 1 aromatic carbocycles. The summed E-state index contributed by atoms with van der Waals surface area (Å²) in [5.74, 6) is -0.263. The number of sulfonamides is 1. The van der Waals surface area contributed by atoms with Crippen molar-refractivity contribution in [2.45, 2.75) is 11.8 Å². The van der Waals surface area contributed by atoms with Crippen molar-refractivity contribution in [2.75, 3.05) is 20.6 Å². The van der Waals surface area contributed by atoms with Crippen LogP contribution < -0.4 is 0 Å². The third kappa shape index (κ3) is 2.12. The van der Waals surface area contributed by atoms with Crippen LogP contribution in [0.25, 0.3) is 0 Å². The van der Waals surface area contributed by atoms with Crippen LogP contribution >= 0.6 is 0 Å². The van der Waals surface area contributed by atoms with Crippen LogP contribution in [0, 0.1) is 0 Å². The molecule has 0 saturated heterocycles. The average molecular weight is 280 g/mol. The van der Waals surface area contributed by atoms with Gasteiger partial charge in [-0.15, -0.1) is 0 Å². The molecule has 0 unspecified atom stereocenters. The first-order valence-corrected chi connectivity index (χ1v) is 7.38. The maximum atomic E-state index is 12.5. The number of rotatable bonds is 2. The Bertz CT molecular complexity index is 648. The molecule has 1 aliphatic heterocycles. The Morgan fingerprint density at radius 1 is 1.26 bits per heavy atom. The summed E-state index contributed by atoms with van der Waals surface area (Å²) in [5.41, 5.74) is 0.423. The van der Waals surface area contributed by atoms with E-state index in [4.69, 9.17) is 0 Å². The third-order valence-corrected chi connectivity index (χ3v) is 4.82. The summed E-state index contributed by atoms with van der Waals surface area (Å²) in [6.07, 6.45) is 1.54. The maximum Gasteiger partial charge on any atom is 0.265 e. The van der Waals surface area contributed by atoms with Crippen molar-refractivity contribution in [2.24, 2.45) is 0 Å². The number of nitrogens with zero attached hydrogens (tertiary/aromatic N) is 2. The number of likely N-dealkylation sites (N-methyl/N-ethyl adjacent to an activating group) is 1. The van der Waals surface area contributed by atoms with Gasteiger partial charge in [0.15, 0.2) is 0 Å². The Labute approximate surface area is 113 Å². The molecular formula is C13H16N2O3S. The predicted molar refractivity (Wildman–Crippen MR) is 72.1 cm³/mol. The topological polar surface area (TPSA) is 57.7 Å². The van der Waals surface area contributed by atoms with E-state index in [0.717, 1.165) is 4.31 Å². The van der Waals surface area contributed by atoms with Crippen molar-refractivity contribution in [1.82, 2.24) is 9.21 Å². The lowest BCUT2D eigenvalue weighted by molar-refractivity contribution is 0.0998. The monoisotopic (exact) mass is 280 g/mol. The molecular weight excluding hydrogens is 264 g/mol. The Balaban J connectivity index is 2.74. The normalized spacial score (nSPS) is 19.4. The van der Waals surface area contributed by atoms with Crippen molar-refractivity contribution in [3.63, 3.8) is 0 Å². The van der Waals surface area contributed by atoms with Gasteiger partial charge in [-0.3, -0.25) is 9.10 Å². The highest BCUT2D eigenvalue weighted by Gasteiger charge is 2.38. The summed E-state index contributed by atoms with van der Waals surface area (Å²) in [6, 6.07) is 6.31. The third-order valence-electron chi connectivity index (χ3n) is 2.87. The van der Waals surface area contributed by atoms with Crippen molar-refractivity contribution < 1.29 is 13.2 Å². The second-order valence-corrected chi connectivity index (χ2v) is 6.30. The van der Waals surface area contributed by atoms with Gasteiger partial charge in [0, 0.05) is 32.4 Å². The molecule has 102 valence electrons. The van der Waals surface area contributed by atoms with Gasteiger partial charge >= 0.3 is 0 Å². The van der Waals surface area contributed by atoms with E-state index in [0.29, 0.717) is 0 Å². The van der Waals surface area contributed by atoms with Crippen LogP contribution in [0.4, 0.5) is 0 Å². The molecule has 0 saturated carbocycles. The fourth-order valence-electron chi connectivity index (χ4n) is 2.09. The van der Waals surface area contributed by atoms with Crippen LogP contribution in [-0.4, -0.2) is 44.0 Å². The van der Waals surface area contributed by atoms with E-state index >= 15 is 0 Å². The summed E-state index contributed by atoms with van der Waals surface area (Å²) in [5, 5.41) is 0. The number of carbonyl (C=O) groups excluding carboxylic acids is 1. The van der Waals surface area contributed by atoms with Gasteiger partial charge in [-0.25, -0.2) is 8.42 Å². The van der Waals surface area contributed by atoms with Crippen LogP contribution in [0.15, 0.2) is 41.1 Å². The van der Waals surface area contributed by atoms with Gasteiger partial charge < -0.3 is 4.90 Å². The summed E-state index contributed by atoms with van der Waals surface area (Å²) in [7, 11) is -0.141. The second kappa shape index (κ2) is 4.70. The van der Waals surface area contributed by atoms with Crippen molar-refractivity contribution >= 4 is 15.8 Å². The number of hydrogen-bond acceptors (Lipinski definition) is 4. The molecule has 2 rings (SSSR count). The minimum Gasteiger partial charge on any atom is -0.382 e. The molecule has 0 spiro atoms. The highest BCUT2D eigenvalue weighted by Crippen LogP contribution is 2.31. The van der Waals surface area contributed by atoms with E-state index < -0.39 is 10.0 Å². The highest BCUT2D eigenvalue weighted by molar-refractivity contribution is 7.89. The number of benzene rings is 1. The first-order valence-electron chi connectivity index (χ1n) is 5.94. The number of hydrogen-bond donors (Lipinski definition) is 0. The summed E-state index contributed by atoms with van der Waals surface area (Å²) in [4.78, 5) is 14.2. The minimum atomic E-state index is -3.64. The fourth-order valence-corrected chi connectivity index (χ4v) is 3.74. The van der Waals surface area contributed by atoms with Gasteiger partial charge in [0.1, 0.15) is 5.70 Å². The van der Waals surface area contributed by atoms with Gasteiger partial charge in [0.25, 0.3) is 10.0 Å². The SMILES string of the molecule is CCN1/C(=C\N(C)C)C(=O)c2ccccc2S1(=O)=O. The Hall–Kier alpha value is -1.82. The lowest BCUT2D eigenvalue weighted by Crippen LogP contribution is -2.39. The first-order chi connectivity index (χ1) is 8.89. The number of ketones is 1. The standard InChI is InChI=1S/C13H16N2O3S/c1-4-15-11(9-14(2)3)13(16)10-7-5-6-8-12(10)19(15,17)18/h5-9H,4H2,1-3H3/b11-9-. The molecule has 0 aliphatic carbocycles. The molecule has 0 radical (unpaired) electrons. The predicted octanol–water partition coefficient (Wildman–Crippen LogP) is 1.30. The molecule has 0 N–H and O–H groups in total. The molecule has 1 aliphatic rings. The second-order valence-electron chi connectivity index (χ2n) is 4.47. The zero-order valence-electron chi connectivity index (χ0n) is 11.1. The highest BCUT2D eigenvalue weighted by atomic mass is 32.2. The van der Waals surface area contributed by atoms with E-state index in [1.165, 1.54) is 6.07 Å². The van der Waals surface area contributed by atoms with Gasteiger partial charge in [-0.2, -0.15) is 0 Å². The lowest BCUT2D eigenvalue weighted by atomic mass is 10.1. The van der Waals surface area contributed by atoms with Crippen LogP contribution in [0.3, 0.4) is 0 Å². The summed E-state index contributed by atoms with van der Waals surface area (Å²) >= 11 is 0. The molecule has 1 heterocycles. The van der Waals surface area contributed by atoms with Crippen molar-refractivity contribution in [3.8, 4) is 0 Å². The van der Waals surface area contributed by atoms with Crippen molar-refractivity contribution in [1.29, 1.82) is 0 Å². The van der Waals surface area contributed by atoms with E-state index in [1.807, 2.05) is 0 Å². The van der Waals surface area contributed by atoms with E-state index in [9.17, 15) is 13.2 Å². The average Bonchev–Trinajstić information content (AvgIpc) is 2.35. The quantitative estimate of drug-likeness (QED) is 0.766. The lowest BCUT2D eigenvalue weighted by Gasteiger charge is -2.30. The summed E-state index contributed by atoms with van der Waals surface area (Å²) < 4.78 is 26.1. The van der Waals surface area contributed by atoms with Gasteiger partial charge in [0.05, 0.1) is 4.90 Å². The molecule has 0 amide bonds. The van der Waals surface area contributed by atoms with Gasteiger partial charge in [-0.05, 0) is 19.1 Å². The molecule has 1 aromatic rings. The molecule has 19 heavy (non-hydrogen) atoms. The fraction of sp³-hybridized carbons (Fsp3) is 0.308. The van der Waals surface area contributed by atoms with Gasteiger partial charge in [0.2, 0.25) is 5.78 Å². The Morgan fingerprint density at radius 3 is 2.47 bits per heavy atom. The van der Waals surface area contributed by atoms with E-state index in [1.54, 1.807) is 50.3 Å². The molecule has 0 aromatic heterocycles. The van der Waals surface area contributed by atoms with Crippen LogP contribution in [0.1, 0.15) is 17.3 Å². The van der Waals surface area contributed by atoms with Crippen molar-refractivity contribution in [3.05, 3.63) is 41.7 Å². The van der Waals surface area contributed by atoms with Gasteiger partial charge in [-0.1, -0.05) is 12.1 Å². The van der Waals surface area contributed by atoms with Crippen LogP contribution in [-0.2, 0) is 10.0 Å². The molecule has 0 atom stereocenters. The number of carbonyl (C=O) groups is 1. The smallest absolute Gasteiger partial charge is 0.265 e. The zero-order valence-corrected chi connectivity index (χ0v) is 11.9. The number of Topliss-reactive ketones (excluding diaryl/α,β-unsaturated/α-hetero) is 1. The Morgan fingerprint density at radius 2 is 1.89 bits per heavy atom. The molecule has 5 nitrogen and oxygen atoms in total. The Kier molecular flexibility index (Phi) is 3.36. The zero-order chi connectivity index (χ0) is 14.2. The summed E-state index contributed by atoms with van der Waals surface area (Å²) in [6.45, 7) is 1.93. The maximum absolute atomic E-state index is 12.5. The van der Waals surface area contributed by atoms with Crippen LogP contribution in [0.2, 0.25) is 0 Å². The first kappa shape index (κ1) is 13.6. The van der Waals surface area contributed by atoms with Crippen LogP contribution in [0.5, 0.6) is 0 Å². The van der Waals surface area contributed by atoms with E-state index in [2.05, 4.69) is 0 Å². The van der Waals surface area contributed by atoms with E-state index in [-0.39, 0.29) is 28.5 Å². The molecule has 6 heteroatoms.